The number of nitrogens with zero attached hydrogens (tertiary/aromatic N) is 2. The van der Waals surface area contributed by atoms with Crippen molar-refractivity contribution in [1.82, 2.24) is 4.90 Å². The Morgan fingerprint density at radius 1 is 1.06 bits per heavy atom. The van der Waals surface area contributed by atoms with Crippen LogP contribution in [-0.4, -0.2) is 42.1 Å². The van der Waals surface area contributed by atoms with Crippen LogP contribution in [0.25, 0.3) is 0 Å². The molecule has 2 atom stereocenters. The summed E-state index contributed by atoms with van der Waals surface area (Å²) in [6, 6.07) is 15.3. The minimum Gasteiger partial charge on any atom is -0.384 e. The van der Waals surface area contributed by atoms with Crippen molar-refractivity contribution in [2.45, 2.75) is 18.6 Å². The number of anilines is 1. The van der Waals surface area contributed by atoms with Gasteiger partial charge in [-0.1, -0.05) is 35.3 Å². The molecule has 5 nitrogen and oxygen atoms in total. The Morgan fingerprint density at radius 2 is 1.71 bits per heavy atom. The molecular formula is C26H25Cl2F2N3O2. The predicted octanol–water partition coefficient (Wildman–Crippen LogP) is 5.14. The third-order valence-electron chi connectivity index (χ3n) is 6.28. The summed E-state index contributed by atoms with van der Waals surface area (Å²) in [6.45, 7) is 3.33. The Morgan fingerprint density at radius 3 is 2.31 bits per heavy atom. The van der Waals surface area contributed by atoms with Gasteiger partial charge in [0, 0.05) is 42.8 Å². The first-order valence-electron chi connectivity index (χ1n) is 11.1. The average molecular weight is 520 g/mol. The van der Waals surface area contributed by atoms with Crippen LogP contribution in [0.15, 0.2) is 60.7 Å². The topological polar surface area (TPSA) is 69.8 Å². The summed E-state index contributed by atoms with van der Waals surface area (Å²) in [5.74, 6) is -2.04. The van der Waals surface area contributed by atoms with Gasteiger partial charge in [-0.15, -0.1) is 0 Å². The van der Waals surface area contributed by atoms with E-state index in [1.54, 1.807) is 37.3 Å². The second-order valence-electron chi connectivity index (χ2n) is 8.96. The van der Waals surface area contributed by atoms with Crippen LogP contribution in [0.1, 0.15) is 34.5 Å². The monoisotopic (exact) mass is 519 g/mol. The lowest BCUT2D eigenvalue weighted by molar-refractivity contribution is 0.00980. The molecule has 0 unspecified atom stereocenters. The number of hydrogen-bond acceptors (Lipinski definition) is 4. The maximum absolute atomic E-state index is 13.8. The smallest absolute Gasteiger partial charge is 0.248 e. The van der Waals surface area contributed by atoms with Crippen LogP contribution in [0, 0.1) is 11.6 Å². The number of β-amino-alcohol motifs (C(OH)–C–C–N with tert-alkyl or cyclic N) is 1. The summed E-state index contributed by atoms with van der Waals surface area (Å²) in [6.07, 6.45) is 0. The second-order valence-corrected chi connectivity index (χ2v) is 9.80. The van der Waals surface area contributed by atoms with Gasteiger partial charge < -0.3 is 15.7 Å². The van der Waals surface area contributed by atoms with E-state index in [9.17, 15) is 18.7 Å². The van der Waals surface area contributed by atoms with Crippen molar-refractivity contribution >= 4 is 34.8 Å². The molecule has 1 saturated heterocycles. The molecule has 1 heterocycles. The molecule has 0 saturated carbocycles. The molecule has 3 aromatic carbocycles. The fourth-order valence-corrected chi connectivity index (χ4v) is 4.94. The van der Waals surface area contributed by atoms with E-state index in [1.165, 1.54) is 0 Å². The quantitative estimate of drug-likeness (QED) is 0.472. The molecule has 4 rings (SSSR count). The Bertz CT molecular complexity index is 1220. The van der Waals surface area contributed by atoms with E-state index in [1.807, 2.05) is 17.0 Å². The van der Waals surface area contributed by atoms with E-state index in [2.05, 4.69) is 4.90 Å². The molecule has 0 aromatic heterocycles. The van der Waals surface area contributed by atoms with Gasteiger partial charge in [0.1, 0.15) is 11.6 Å². The van der Waals surface area contributed by atoms with Crippen molar-refractivity contribution in [3.8, 4) is 0 Å². The lowest BCUT2D eigenvalue weighted by Crippen LogP contribution is -2.52. The minimum absolute atomic E-state index is 0.169. The van der Waals surface area contributed by atoms with Crippen molar-refractivity contribution < 1.29 is 18.7 Å². The number of halogens is 4. The Kier molecular flexibility index (Phi) is 7.33. The van der Waals surface area contributed by atoms with E-state index in [0.717, 1.165) is 29.4 Å². The Hall–Kier alpha value is -2.71. The molecule has 3 aromatic rings. The van der Waals surface area contributed by atoms with Gasteiger partial charge in [-0.05, 0) is 60.5 Å². The van der Waals surface area contributed by atoms with Gasteiger partial charge in [0.2, 0.25) is 5.91 Å². The van der Waals surface area contributed by atoms with Crippen LogP contribution < -0.4 is 10.6 Å². The van der Waals surface area contributed by atoms with Crippen molar-refractivity contribution in [3.63, 3.8) is 0 Å². The summed E-state index contributed by atoms with van der Waals surface area (Å²) < 4.78 is 27.6. The highest BCUT2D eigenvalue weighted by Crippen LogP contribution is 2.37. The molecule has 9 heteroatoms. The molecule has 0 spiro atoms. The number of hydrogen-bond donors (Lipinski definition) is 2. The number of piperazine rings is 1. The van der Waals surface area contributed by atoms with E-state index in [-0.39, 0.29) is 18.2 Å². The van der Waals surface area contributed by atoms with Gasteiger partial charge >= 0.3 is 0 Å². The third kappa shape index (κ3) is 5.76. The van der Waals surface area contributed by atoms with Crippen molar-refractivity contribution in [2.75, 3.05) is 31.1 Å². The first kappa shape index (κ1) is 25.4. The van der Waals surface area contributed by atoms with Crippen LogP contribution in [0.4, 0.5) is 14.5 Å². The normalized spacial score (nSPS) is 18.3. The van der Waals surface area contributed by atoms with E-state index < -0.39 is 23.1 Å². The molecule has 35 heavy (non-hydrogen) atoms. The van der Waals surface area contributed by atoms with E-state index in [0.29, 0.717) is 35.2 Å². The molecule has 184 valence electrons. The number of carbonyl (C=O) groups is 1. The SMILES string of the molecule is C[C@@](O)(CN1CCN(c2ccc(C(N)=O)cc2Cl)[C@H](c2ccc(Cl)cc2)C1)c1cc(F)cc(F)c1. The molecular weight excluding hydrogens is 495 g/mol. The summed E-state index contributed by atoms with van der Waals surface area (Å²) in [5, 5.41) is 12.1. The number of rotatable bonds is 6. The summed E-state index contributed by atoms with van der Waals surface area (Å²) in [7, 11) is 0. The molecule has 0 radical (unpaired) electrons. The number of primary amides is 1. The fraction of sp³-hybridized carbons (Fsp3) is 0.269. The average Bonchev–Trinajstić information content (AvgIpc) is 2.79. The second kappa shape index (κ2) is 10.1. The third-order valence-corrected chi connectivity index (χ3v) is 6.83. The first-order valence-corrected chi connectivity index (χ1v) is 11.8. The van der Waals surface area contributed by atoms with Gasteiger partial charge in [-0.25, -0.2) is 8.78 Å². The van der Waals surface area contributed by atoms with Crippen LogP contribution >= 0.6 is 23.2 Å². The molecule has 0 bridgehead atoms. The first-order chi connectivity index (χ1) is 16.5. The van der Waals surface area contributed by atoms with Gasteiger partial charge in [-0.2, -0.15) is 0 Å². The standard InChI is InChI=1S/C26H25Cl2F2N3O2/c1-26(35,18-11-20(29)13-21(30)12-18)15-32-8-9-33(23-7-4-17(25(31)34)10-22(23)28)24(14-32)16-2-5-19(27)6-3-16/h2-7,10-13,24,35H,8-9,14-15H2,1H3,(H2,31,34)/t24-,26+/m0/s1. The van der Waals surface area contributed by atoms with Crippen molar-refractivity contribution in [1.29, 1.82) is 0 Å². The van der Waals surface area contributed by atoms with E-state index in [4.69, 9.17) is 28.9 Å². The molecule has 1 fully saturated rings. The van der Waals surface area contributed by atoms with Gasteiger partial charge in [0.25, 0.3) is 0 Å². The van der Waals surface area contributed by atoms with Crippen LogP contribution in [0.5, 0.6) is 0 Å². The molecule has 1 amide bonds. The Balaban J connectivity index is 1.63. The molecule has 1 aliphatic rings. The van der Waals surface area contributed by atoms with Gasteiger partial charge in [0.05, 0.1) is 22.4 Å². The molecule has 1 aliphatic heterocycles. The van der Waals surface area contributed by atoms with Gasteiger partial charge in [-0.3, -0.25) is 9.69 Å². The highest BCUT2D eigenvalue weighted by atomic mass is 35.5. The Labute approximate surface area is 212 Å². The zero-order valence-corrected chi connectivity index (χ0v) is 20.5. The fourth-order valence-electron chi connectivity index (χ4n) is 4.53. The minimum atomic E-state index is -1.48. The highest BCUT2D eigenvalue weighted by Gasteiger charge is 2.34. The van der Waals surface area contributed by atoms with Crippen molar-refractivity contribution in [2.24, 2.45) is 5.73 Å². The van der Waals surface area contributed by atoms with Crippen LogP contribution in [0.2, 0.25) is 10.0 Å². The highest BCUT2D eigenvalue weighted by molar-refractivity contribution is 6.33. The van der Waals surface area contributed by atoms with Crippen LogP contribution in [-0.2, 0) is 5.60 Å². The summed E-state index contributed by atoms with van der Waals surface area (Å²) in [5.41, 5.74) is 6.12. The number of benzene rings is 3. The largest absolute Gasteiger partial charge is 0.384 e. The zero-order valence-electron chi connectivity index (χ0n) is 19.0. The molecule has 3 N–H and O–H groups in total. The van der Waals surface area contributed by atoms with E-state index >= 15 is 0 Å². The zero-order chi connectivity index (χ0) is 25.3. The maximum Gasteiger partial charge on any atom is 0.248 e. The number of aliphatic hydroxyl groups is 1. The number of nitrogens with two attached hydrogens (primary N) is 1. The number of carbonyl (C=O) groups excluding carboxylic acids is 1. The van der Waals surface area contributed by atoms with Crippen molar-refractivity contribution in [3.05, 3.63) is 99.0 Å². The lowest BCUT2D eigenvalue weighted by Gasteiger charge is -2.45. The lowest BCUT2D eigenvalue weighted by atomic mass is 9.93. The van der Waals surface area contributed by atoms with Crippen LogP contribution in [0.3, 0.4) is 0 Å². The summed E-state index contributed by atoms with van der Waals surface area (Å²) >= 11 is 12.6. The van der Waals surface area contributed by atoms with Gasteiger partial charge in [0.15, 0.2) is 0 Å². The molecule has 0 aliphatic carbocycles. The maximum atomic E-state index is 13.8. The predicted molar refractivity (Wildman–Crippen MR) is 134 cm³/mol. The summed E-state index contributed by atoms with van der Waals surface area (Å²) in [4.78, 5) is 15.7. The number of amides is 1.